The van der Waals surface area contributed by atoms with E-state index in [1.807, 2.05) is 61.5 Å². The van der Waals surface area contributed by atoms with E-state index in [2.05, 4.69) is 20.9 Å². The molecule has 25 heavy (non-hydrogen) atoms. The van der Waals surface area contributed by atoms with Crippen LogP contribution in [0.1, 0.15) is 5.56 Å². The van der Waals surface area contributed by atoms with Crippen molar-refractivity contribution in [3.8, 4) is 0 Å². The van der Waals surface area contributed by atoms with Gasteiger partial charge in [0.1, 0.15) is 5.82 Å². The highest BCUT2D eigenvalue weighted by atomic mass is 35.5. The maximum absolute atomic E-state index is 11.9. The van der Waals surface area contributed by atoms with Crippen molar-refractivity contribution in [1.82, 2.24) is 4.98 Å². The molecule has 1 heterocycles. The van der Waals surface area contributed by atoms with Crippen molar-refractivity contribution >= 4 is 40.5 Å². The molecule has 0 atom stereocenters. The number of nitrogens with one attached hydrogen (secondary N) is 3. The van der Waals surface area contributed by atoms with Gasteiger partial charge in [-0.05, 0) is 48.9 Å². The van der Waals surface area contributed by atoms with Crippen molar-refractivity contribution in [2.45, 2.75) is 6.92 Å². The number of rotatable bonds is 4. The molecule has 5 nitrogen and oxygen atoms in total. The summed E-state index contributed by atoms with van der Waals surface area (Å²) in [6.45, 7) is 1.95. The molecule has 2 amide bonds. The summed E-state index contributed by atoms with van der Waals surface area (Å²) in [5.41, 5.74) is 3.40. The molecule has 3 rings (SSSR count). The van der Waals surface area contributed by atoms with E-state index < -0.39 is 0 Å². The van der Waals surface area contributed by atoms with Gasteiger partial charge in [0, 0.05) is 16.4 Å². The third kappa shape index (κ3) is 4.49. The maximum Gasteiger partial charge on any atom is 0.324 e. The molecule has 0 unspecified atom stereocenters. The highest BCUT2D eigenvalue weighted by Crippen LogP contribution is 2.26. The highest BCUT2D eigenvalue weighted by Gasteiger charge is 2.05. The summed E-state index contributed by atoms with van der Waals surface area (Å²) in [5, 5.41) is 9.39. The van der Waals surface area contributed by atoms with Crippen LogP contribution < -0.4 is 16.0 Å². The van der Waals surface area contributed by atoms with Crippen molar-refractivity contribution in [3.05, 3.63) is 77.4 Å². The first-order valence-corrected chi connectivity index (χ1v) is 8.11. The number of urea groups is 1. The number of pyridine rings is 1. The number of para-hydroxylation sites is 1. The number of halogens is 1. The summed E-state index contributed by atoms with van der Waals surface area (Å²) in [4.78, 5) is 16.2. The average molecular weight is 353 g/mol. The minimum atomic E-state index is -0.343. The molecular weight excluding hydrogens is 336 g/mol. The Balaban J connectivity index is 1.62. The SMILES string of the molecule is Cc1c(Cl)cccc1Nc1ccc(NC(=O)Nc2ccccc2)nc1. The van der Waals surface area contributed by atoms with Crippen LogP contribution in [0.15, 0.2) is 66.9 Å². The van der Waals surface area contributed by atoms with Gasteiger partial charge < -0.3 is 10.6 Å². The van der Waals surface area contributed by atoms with E-state index in [-0.39, 0.29) is 6.03 Å². The number of nitrogens with zero attached hydrogens (tertiary/aromatic N) is 1. The molecule has 0 saturated carbocycles. The Labute approximate surface area is 151 Å². The van der Waals surface area contributed by atoms with Crippen LogP contribution in [0.4, 0.5) is 27.7 Å². The maximum atomic E-state index is 11.9. The molecule has 0 fully saturated rings. The zero-order chi connectivity index (χ0) is 17.6. The number of hydrogen-bond acceptors (Lipinski definition) is 3. The highest BCUT2D eigenvalue weighted by molar-refractivity contribution is 6.31. The van der Waals surface area contributed by atoms with E-state index in [0.717, 1.165) is 22.6 Å². The number of aromatic nitrogens is 1. The van der Waals surface area contributed by atoms with Gasteiger partial charge in [-0.1, -0.05) is 35.9 Å². The smallest absolute Gasteiger partial charge is 0.324 e. The van der Waals surface area contributed by atoms with Gasteiger partial charge >= 0.3 is 6.03 Å². The summed E-state index contributed by atoms with van der Waals surface area (Å²) >= 11 is 6.12. The van der Waals surface area contributed by atoms with E-state index in [1.165, 1.54) is 0 Å². The number of amides is 2. The molecule has 126 valence electrons. The summed E-state index contributed by atoms with van der Waals surface area (Å²) in [5.74, 6) is 0.460. The molecule has 0 bridgehead atoms. The van der Waals surface area contributed by atoms with Crippen molar-refractivity contribution in [2.75, 3.05) is 16.0 Å². The minimum absolute atomic E-state index is 0.343. The molecule has 0 aliphatic rings. The van der Waals surface area contributed by atoms with Crippen LogP contribution in [0.5, 0.6) is 0 Å². The molecule has 1 aromatic heterocycles. The second-order valence-corrected chi connectivity index (χ2v) is 5.82. The second-order valence-electron chi connectivity index (χ2n) is 5.41. The zero-order valence-electron chi connectivity index (χ0n) is 13.6. The average Bonchev–Trinajstić information content (AvgIpc) is 2.61. The first-order valence-electron chi connectivity index (χ1n) is 7.73. The van der Waals surface area contributed by atoms with E-state index in [0.29, 0.717) is 10.8 Å². The van der Waals surface area contributed by atoms with Gasteiger partial charge in [0.2, 0.25) is 0 Å². The lowest BCUT2D eigenvalue weighted by atomic mass is 10.2. The largest absolute Gasteiger partial charge is 0.354 e. The first kappa shape index (κ1) is 16.8. The quantitative estimate of drug-likeness (QED) is 0.586. The Morgan fingerprint density at radius 1 is 0.920 bits per heavy atom. The predicted octanol–water partition coefficient (Wildman–Crippen LogP) is 5.43. The van der Waals surface area contributed by atoms with Gasteiger partial charge in [-0.25, -0.2) is 9.78 Å². The number of carbonyl (C=O) groups is 1. The van der Waals surface area contributed by atoms with Crippen LogP contribution in [0, 0.1) is 6.92 Å². The Morgan fingerprint density at radius 3 is 2.44 bits per heavy atom. The number of benzene rings is 2. The summed E-state index contributed by atoms with van der Waals surface area (Å²) < 4.78 is 0. The predicted molar refractivity (Wildman–Crippen MR) is 103 cm³/mol. The number of carbonyl (C=O) groups excluding carboxylic acids is 1. The van der Waals surface area contributed by atoms with Crippen LogP contribution in [0.2, 0.25) is 5.02 Å². The third-order valence-electron chi connectivity index (χ3n) is 3.58. The first-order chi connectivity index (χ1) is 12.1. The molecule has 0 aliphatic heterocycles. The Hall–Kier alpha value is -3.05. The van der Waals surface area contributed by atoms with Crippen LogP contribution in [0.25, 0.3) is 0 Å². The summed E-state index contributed by atoms with van der Waals surface area (Å²) in [6, 6.07) is 18.1. The topological polar surface area (TPSA) is 66.0 Å². The lowest BCUT2D eigenvalue weighted by Crippen LogP contribution is -2.19. The fourth-order valence-corrected chi connectivity index (χ4v) is 2.41. The molecule has 0 saturated heterocycles. The summed E-state index contributed by atoms with van der Waals surface area (Å²) in [7, 11) is 0. The normalized spacial score (nSPS) is 10.2. The van der Waals surface area contributed by atoms with E-state index >= 15 is 0 Å². The monoisotopic (exact) mass is 352 g/mol. The molecule has 3 N–H and O–H groups in total. The van der Waals surface area contributed by atoms with Crippen molar-refractivity contribution in [1.29, 1.82) is 0 Å². The second kappa shape index (κ2) is 7.68. The summed E-state index contributed by atoms with van der Waals surface area (Å²) in [6.07, 6.45) is 1.65. The van der Waals surface area contributed by atoms with E-state index in [9.17, 15) is 4.79 Å². The zero-order valence-corrected chi connectivity index (χ0v) is 14.3. The fourth-order valence-electron chi connectivity index (χ4n) is 2.24. The van der Waals surface area contributed by atoms with Crippen molar-refractivity contribution in [3.63, 3.8) is 0 Å². The fraction of sp³-hybridized carbons (Fsp3) is 0.0526. The van der Waals surface area contributed by atoms with Gasteiger partial charge in [-0.3, -0.25) is 5.32 Å². The van der Waals surface area contributed by atoms with Crippen molar-refractivity contribution < 1.29 is 4.79 Å². The van der Waals surface area contributed by atoms with E-state index in [1.54, 1.807) is 12.3 Å². The Kier molecular flexibility index (Phi) is 5.16. The third-order valence-corrected chi connectivity index (χ3v) is 3.99. The molecule has 0 aliphatic carbocycles. The Morgan fingerprint density at radius 2 is 1.72 bits per heavy atom. The van der Waals surface area contributed by atoms with Crippen LogP contribution >= 0.6 is 11.6 Å². The van der Waals surface area contributed by atoms with Crippen LogP contribution in [0.3, 0.4) is 0 Å². The van der Waals surface area contributed by atoms with Gasteiger partial charge in [0.15, 0.2) is 0 Å². The van der Waals surface area contributed by atoms with Crippen LogP contribution in [-0.4, -0.2) is 11.0 Å². The molecular formula is C19H17ClN4O. The van der Waals surface area contributed by atoms with Crippen LogP contribution in [-0.2, 0) is 0 Å². The van der Waals surface area contributed by atoms with Gasteiger partial charge in [-0.15, -0.1) is 0 Å². The lowest BCUT2D eigenvalue weighted by Gasteiger charge is -2.11. The van der Waals surface area contributed by atoms with E-state index in [4.69, 9.17) is 11.6 Å². The molecule has 3 aromatic rings. The molecule has 6 heteroatoms. The van der Waals surface area contributed by atoms with Gasteiger partial charge in [0.25, 0.3) is 0 Å². The molecule has 2 aromatic carbocycles. The van der Waals surface area contributed by atoms with Crippen molar-refractivity contribution in [2.24, 2.45) is 0 Å². The Bertz CT molecular complexity index is 866. The number of anilines is 4. The molecule has 0 radical (unpaired) electrons. The van der Waals surface area contributed by atoms with Gasteiger partial charge in [-0.2, -0.15) is 0 Å². The standard InChI is InChI=1S/C19H17ClN4O/c1-13-16(20)8-5-9-17(13)22-15-10-11-18(21-12-15)24-19(25)23-14-6-3-2-4-7-14/h2-12,22H,1H3,(H2,21,23,24,25). The van der Waals surface area contributed by atoms with Gasteiger partial charge in [0.05, 0.1) is 11.9 Å². The minimum Gasteiger partial charge on any atom is -0.354 e. The lowest BCUT2D eigenvalue weighted by molar-refractivity contribution is 0.262. The number of hydrogen-bond donors (Lipinski definition) is 3. The molecule has 0 spiro atoms.